The number of unbranched alkanes of at least 4 members (excludes halogenated alkanes) is 9. The summed E-state index contributed by atoms with van der Waals surface area (Å²) < 4.78 is 38.2. The van der Waals surface area contributed by atoms with E-state index in [0.717, 1.165) is 77.0 Å². The predicted molar refractivity (Wildman–Crippen MR) is 225 cm³/mol. The van der Waals surface area contributed by atoms with E-state index in [4.69, 9.17) is 29.6 Å². The highest BCUT2D eigenvalue weighted by atomic mass is 31.2. The predicted octanol–water partition coefficient (Wildman–Crippen LogP) is 9.93. The zero-order chi connectivity index (χ0) is 41.8. The number of carboxylic acid groups (broad SMARTS) is 1. The van der Waals surface area contributed by atoms with Crippen molar-refractivity contribution in [1.29, 1.82) is 0 Å². The molecule has 1 rings (SSSR count). The number of phosphoric acid groups is 1. The second kappa shape index (κ2) is 34.9. The zero-order valence-electron chi connectivity index (χ0n) is 34.6. The minimum absolute atomic E-state index is 0.0882. The van der Waals surface area contributed by atoms with Gasteiger partial charge in [-0.25, -0.2) is 4.57 Å². The molecule has 12 nitrogen and oxygen atoms in total. The topological polar surface area (TPSA) is 184 Å². The second-order valence-electron chi connectivity index (χ2n) is 14.1. The fourth-order valence-electron chi connectivity index (χ4n) is 5.42. The molecule has 0 radical (unpaired) electrons. The summed E-state index contributed by atoms with van der Waals surface area (Å²) in [7, 11) is -4.74. The summed E-state index contributed by atoms with van der Waals surface area (Å²) in [6.45, 7) is 2.56. The van der Waals surface area contributed by atoms with Gasteiger partial charge in [0.15, 0.2) is 6.10 Å². The summed E-state index contributed by atoms with van der Waals surface area (Å²) in [5.74, 6) is -2.51. The van der Waals surface area contributed by atoms with Gasteiger partial charge in [-0.3, -0.25) is 23.4 Å². The third-order valence-corrected chi connectivity index (χ3v) is 9.80. The van der Waals surface area contributed by atoms with Gasteiger partial charge in [-0.1, -0.05) is 125 Å². The van der Waals surface area contributed by atoms with Crippen LogP contribution in [0.3, 0.4) is 0 Å². The van der Waals surface area contributed by atoms with Gasteiger partial charge in [0.1, 0.15) is 12.6 Å². The SMILES string of the molecule is CC/C=C\CC1OC1C/C=C\C/C=C\C/C=C\C/C=C\CCC(=O)OC[C@H](COP(=O)(O)OC[C@H](N)C(=O)O)OC(=O)CCCCCCC/C=C\CCCCCC. The average Bonchev–Trinajstić information content (AvgIpc) is 3.94. The monoisotopic (exact) mass is 821 g/mol. The first-order chi connectivity index (χ1) is 27.6. The number of rotatable bonds is 37. The van der Waals surface area contributed by atoms with Gasteiger partial charge >= 0.3 is 25.7 Å². The molecule has 0 aliphatic carbocycles. The minimum atomic E-state index is -4.74. The van der Waals surface area contributed by atoms with Crippen LogP contribution in [0.4, 0.5) is 0 Å². The van der Waals surface area contributed by atoms with Crippen LogP contribution < -0.4 is 5.73 Å². The Bertz CT molecular complexity index is 1310. The van der Waals surface area contributed by atoms with E-state index in [1.165, 1.54) is 25.7 Å². The number of epoxide rings is 1. The Morgan fingerprint density at radius 3 is 1.79 bits per heavy atom. The van der Waals surface area contributed by atoms with E-state index in [1.54, 1.807) is 0 Å². The van der Waals surface area contributed by atoms with Crippen LogP contribution in [0.5, 0.6) is 0 Å². The molecule has 1 heterocycles. The molecule has 0 aromatic carbocycles. The van der Waals surface area contributed by atoms with E-state index in [-0.39, 0.29) is 12.8 Å². The summed E-state index contributed by atoms with van der Waals surface area (Å²) >= 11 is 0. The number of nitrogens with two attached hydrogens (primary N) is 1. The number of hydrogen-bond donors (Lipinski definition) is 3. The number of carbonyl (C=O) groups is 3. The van der Waals surface area contributed by atoms with Gasteiger partial charge in [0.25, 0.3) is 0 Å². The molecule has 13 heteroatoms. The molecular weight excluding hydrogens is 749 g/mol. The summed E-state index contributed by atoms with van der Waals surface area (Å²) in [5.41, 5.74) is 5.32. The highest BCUT2D eigenvalue weighted by Gasteiger charge is 2.36. The van der Waals surface area contributed by atoms with Crippen molar-refractivity contribution in [3.05, 3.63) is 72.9 Å². The highest BCUT2D eigenvalue weighted by Crippen LogP contribution is 2.43. The summed E-state index contributed by atoms with van der Waals surface area (Å²) in [6.07, 6.45) is 43.1. The first-order valence-electron chi connectivity index (χ1n) is 21.1. The Morgan fingerprint density at radius 1 is 0.649 bits per heavy atom. The molecule has 1 aliphatic rings. The van der Waals surface area contributed by atoms with Gasteiger partial charge in [0, 0.05) is 12.8 Å². The zero-order valence-corrected chi connectivity index (χ0v) is 35.5. The molecule has 1 fully saturated rings. The Kier molecular flexibility index (Phi) is 31.8. The fourth-order valence-corrected chi connectivity index (χ4v) is 6.20. The molecule has 324 valence electrons. The van der Waals surface area contributed by atoms with Crippen molar-refractivity contribution < 1.29 is 52.2 Å². The third-order valence-electron chi connectivity index (χ3n) is 8.85. The molecule has 3 unspecified atom stereocenters. The van der Waals surface area contributed by atoms with Crippen LogP contribution in [0, 0.1) is 0 Å². The first kappa shape index (κ1) is 51.9. The van der Waals surface area contributed by atoms with E-state index in [9.17, 15) is 23.8 Å². The molecule has 0 amide bonds. The standard InChI is InChI=1S/C44H72NO11P/c1-3-5-7-8-9-10-11-12-17-20-23-26-30-34-43(47)55-38(36-53-57(50,51)54-37-39(45)44(48)49)35-52-42(46)33-29-25-22-19-16-14-13-15-18-21-24-28-32-41-40(56-41)31-27-6-4-2/h6,10-11,14-16,18,22,24-25,27-28,38-41H,3-5,7-9,12-13,17,19-21,23,26,29-37,45H2,1-2H3,(H,48,49)(H,50,51)/b11-10-,16-14-,18-15-,25-22-,27-6-,28-24-/t38-,39+,40?,41?/m1/s1. The Morgan fingerprint density at radius 2 is 1.18 bits per heavy atom. The van der Waals surface area contributed by atoms with Crippen LogP contribution in [0.2, 0.25) is 0 Å². The smallest absolute Gasteiger partial charge is 0.472 e. The lowest BCUT2D eigenvalue weighted by molar-refractivity contribution is -0.161. The van der Waals surface area contributed by atoms with E-state index in [0.29, 0.717) is 25.0 Å². The van der Waals surface area contributed by atoms with Crippen molar-refractivity contribution in [1.82, 2.24) is 0 Å². The molecular formula is C44H72NO11P. The largest absolute Gasteiger partial charge is 0.480 e. The lowest BCUT2D eigenvalue weighted by atomic mass is 10.1. The lowest BCUT2D eigenvalue weighted by Gasteiger charge is -2.20. The maximum atomic E-state index is 12.6. The maximum Gasteiger partial charge on any atom is 0.472 e. The fraction of sp³-hybridized carbons (Fsp3) is 0.659. The normalized spacial score (nSPS) is 18.0. The van der Waals surface area contributed by atoms with Gasteiger partial charge < -0.3 is 29.9 Å². The molecule has 4 N–H and O–H groups in total. The number of ether oxygens (including phenoxy) is 3. The molecule has 5 atom stereocenters. The number of phosphoric ester groups is 1. The lowest BCUT2D eigenvalue weighted by Crippen LogP contribution is -2.34. The summed E-state index contributed by atoms with van der Waals surface area (Å²) in [4.78, 5) is 45.9. The van der Waals surface area contributed by atoms with Gasteiger partial charge in [0.2, 0.25) is 0 Å². The van der Waals surface area contributed by atoms with Gasteiger partial charge in [0.05, 0.1) is 25.4 Å². The van der Waals surface area contributed by atoms with Crippen molar-refractivity contribution in [3.8, 4) is 0 Å². The van der Waals surface area contributed by atoms with Crippen molar-refractivity contribution in [2.24, 2.45) is 5.73 Å². The average molecular weight is 822 g/mol. The molecule has 57 heavy (non-hydrogen) atoms. The number of hydrogen-bond acceptors (Lipinski definition) is 10. The van der Waals surface area contributed by atoms with Crippen molar-refractivity contribution in [2.45, 2.75) is 167 Å². The molecule has 0 spiro atoms. The number of carbonyl (C=O) groups excluding carboxylic acids is 2. The number of aliphatic carboxylic acids is 1. The minimum Gasteiger partial charge on any atom is -0.480 e. The van der Waals surface area contributed by atoms with E-state index < -0.39 is 57.7 Å². The highest BCUT2D eigenvalue weighted by molar-refractivity contribution is 7.47. The molecule has 1 saturated heterocycles. The van der Waals surface area contributed by atoms with Crippen LogP contribution >= 0.6 is 7.82 Å². The van der Waals surface area contributed by atoms with E-state index in [1.807, 2.05) is 12.2 Å². The summed E-state index contributed by atoms with van der Waals surface area (Å²) in [5, 5.41) is 8.88. The van der Waals surface area contributed by atoms with Crippen LogP contribution in [0.1, 0.15) is 142 Å². The van der Waals surface area contributed by atoms with Crippen LogP contribution in [0.15, 0.2) is 72.9 Å². The van der Waals surface area contributed by atoms with Crippen LogP contribution in [-0.4, -0.2) is 72.1 Å². The Labute approximate surface area is 342 Å². The van der Waals surface area contributed by atoms with Gasteiger partial charge in [-0.2, -0.15) is 0 Å². The third kappa shape index (κ3) is 32.5. The first-order valence-corrected chi connectivity index (χ1v) is 22.6. The quantitative estimate of drug-likeness (QED) is 0.0177. The molecule has 0 saturated carbocycles. The number of carboxylic acids is 1. The molecule has 1 aliphatic heterocycles. The van der Waals surface area contributed by atoms with E-state index >= 15 is 0 Å². The number of esters is 2. The summed E-state index contributed by atoms with van der Waals surface area (Å²) in [6, 6.07) is -1.54. The van der Waals surface area contributed by atoms with Crippen molar-refractivity contribution in [2.75, 3.05) is 19.8 Å². The molecule has 0 aromatic rings. The van der Waals surface area contributed by atoms with E-state index in [2.05, 4.69) is 79.1 Å². The van der Waals surface area contributed by atoms with Crippen molar-refractivity contribution in [3.63, 3.8) is 0 Å². The number of allylic oxidation sites excluding steroid dienone is 10. The molecule has 0 bridgehead atoms. The van der Waals surface area contributed by atoms with Gasteiger partial charge in [-0.15, -0.1) is 0 Å². The second-order valence-corrected chi connectivity index (χ2v) is 15.6. The Balaban J connectivity index is 2.34. The van der Waals surface area contributed by atoms with Crippen LogP contribution in [0.25, 0.3) is 0 Å². The molecule has 0 aromatic heterocycles. The van der Waals surface area contributed by atoms with Crippen molar-refractivity contribution >= 4 is 25.7 Å². The maximum absolute atomic E-state index is 12.6. The van der Waals surface area contributed by atoms with Gasteiger partial charge in [-0.05, 0) is 77.0 Å². The Hall–Kier alpha value is -3.12. The van der Waals surface area contributed by atoms with Crippen LogP contribution in [-0.2, 0) is 42.2 Å².